The van der Waals surface area contributed by atoms with Crippen molar-refractivity contribution in [2.75, 3.05) is 14.2 Å². The molecule has 0 unspecified atom stereocenters. The third kappa shape index (κ3) is 4.04. The smallest absolute Gasteiger partial charge is 0.309 e. The zero-order valence-electron chi connectivity index (χ0n) is 25.1. The van der Waals surface area contributed by atoms with Crippen LogP contribution in [0.3, 0.4) is 0 Å². The Bertz CT molecular complexity index is 1670. The van der Waals surface area contributed by atoms with E-state index in [2.05, 4.69) is 0 Å². The van der Waals surface area contributed by atoms with E-state index in [1.807, 2.05) is 0 Å². The minimum absolute atomic E-state index is 0.0141. The average molecular weight is 611 g/mol. The summed E-state index contributed by atoms with van der Waals surface area (Å²) in [5, 5.41) is 45.6. The molecule has 0 spiro atoms. The molecule has 0 aromatic heterocycles. The van der Waals surface area contributed by atoms with Crippen molar-refractivity contribution >= 4 is 23.3 Å². The van der Waals surface area contributed by atoms with Crippen molar-refractivity contribution in [1.82, 2.24) is 0 Å². The highest BCUT2D eigenvalue weighted by Crippen LogP contribution is 2.55. The van der Waals surface area contributed by atoms with Gasteiger partial charge in [0, 0.05) is 31.8 Å². The van der Waals surface area contributed by atoms with Gasteiger partial charge in [-0.1, -0.05) is 0 Å². The summed E-state index contributed by atoms with van der Waals surface area (Å²) in [5.41, 5.74) is -2.36. The summed E-state index contributed by atoms with van der Waals surface area (Å²) < 4.78 is 28.5. The van der Waals surface area contributed by atoms with Gasteiger partial charge < -0.3 is 44.1 Å². The van der Waals surface area contributed by atoms with E-state index >= 15 is 0 Å². The van der Waals surface area contributed by atoms with Crippen LogP contribution in [0.5, 0.6) is 23.0 Å². The number of hydrogen-bond acceptors (Lipinski definition) is 12. The summed E-state index contributed by atoms with van der Waals surface area (Å²) in [6.07, 6.45) is -4.05. The number of hydrogen-bond donors (Lipinski definition) is 4. The number of ether oxygens (including phenoxy) is 5. The maximum atomic E-state index is 13.6. The highest BCUT2D eigenvalue weighted by atomic mass is 16.6. The van der Waals surface area contributed by atoms with E-state index in [0.29, 0.717) is 11.1 Å². The number of aliphatic hydroxyl groups is 2. The maximum absolute atomic E-state index is 13.6. The van der Waals surface area contributed by atoms with Crippen LogP contribution in [0, 0.1) is 13.8 Å². The summed E-state index contributed by atoms with van der Waals surface area (Å²) in [7, 11) is 2.81. The third-order valence-corrected chi connectivity index (χ3v) is 9.35. The SMILES string of the molecule is CO[C@H]1CC(=O)O[C@@H]1[C@@]1(C)CC(=O)c2c(cc(C)c(-c3c(C)cc4c(c3O)C(O)=C3C(=O)C[C@H](OC)[C@H](O)[C@]3(C)O4)c2O)O1. The number of esters is 1. The third-order valence-electron chi connectivity index (χ3n) is 9.35. The number of aryl methyl sites for hydroxylation is 2. The molecular formula is C32H34O12. The van der Waals surface area contributed by atoms with Gasteiger partial charge in [-0.2, -0.15) is 0 Å². The van der Waals surface area contributed by atoms with Crippen LogP contribution in [0.1, 0.15) is 60.2 Å². The van der Waals surface area contributed by atoms with Gasteiger partial charge in [0.15, 0.2) is 28.9 Å². The number of benzene rings is 2. The normalized spacial score (nSPS) is 31.1. The first-order valence-corrected chi connectivity index (χ1v) is 14.2. The van der Waals surface area contributed by atoms with Crippen LogP contribution in [-0.4, -0.2) is 87.8 Å². The molecular weight excluding hydrogens is 576 g/mol. The first-order valence-electron chi connectivity index (χ1n) is 14.2. The maximum Gasteiger partial charge on any atom is 0.309 e. The lowest BCUT2D eigenvalue weighted by molar-refractivity contribution is -0.153. The van der Waals surface area contributed by atoms with Crippen LogP contribution in [-0.2, 0) is 23.8 Å². The Kier molecular flexibility index (Phi) is 6.76. The number of aromatic hydroxyl groups is 2. The van der Waals surface area contributed by atoms with Crippen molar-refractivity contribution < 1.29 is 58.5 Å². The number of methoxy groups -OCH3 is 2. The summed E-state index contributed by atoms with van der Waals surface area (Å²) in [4.78, 5) is 38.7. The van der Waals surface area contributed by atoms with Crippen LogP contribution in [0.4, 0.5) is 0 Å². The minimum atomic E-state index is -1.65. The first kappa shape index (κ1) is 29.9. The van der Waals surface area contributed by atoms with Gasteiger partial charge in [-0.05, 0) is 51.0 Å². The Morgan fingerprint density at radius 3 is 1.95 bits per heavy atom. The second-order valence-corrected chi connectivity index (χ2v) is 12.3. The number of ketones is 2. The van der Waals surface area contributed by atoms with Crippen molar-refractivity contribution in [3.05, 3.63) is 40.0 Å². The number of phenols is 2. The van der Waals surface area contributed by atoms with Gasteiger partial charge >= 0.3 is 5.97 Å². The van der Waals surface area contributed by atoms with Gasteiger partial charge in [-0.25, -0.2) is 0 Å². The molecule has 0 amide bonds. The monoisotopic (exact) mass is 610 g/mol. The molecule has 3 heterocycles. The highest BCUT2D eigenvalue weighted by molar-refractivity contribution is 6.08. The highest BCUT2D eigenvalue weighted by Gasteiger charge is 2.56. The largest absolute Gasteiger partial charge is 0.506 e. The molecule has 0 radical (unpaired) electrons. The summed E-state index contributed by atoms with van der Waals surface area (Å²) in [6, 6.07) is 3.07. The molecule has 2 aromatic carbocycles. The Balaban J connectivity index is 1.48. The Labute approximate surface area is 252 Å². The second kappa shape index (κ2) is 9.94. The van der Waals surface area contributed by atoms with Crippen molar-refractivity contribution in [3.8, 4) is 34.1 Å². The number of fused-ring (bicyclic) bond motifs is 3. The number of aliphatic hydroxyl groups excluding tert-OH is 2. The fourth-order valence-electron chi connectivity index (χ4n) is 7.16. The Hall–Kier alpha value is -4.13. The number of Topliss-reactive ketones (excluding diaryl/α,β-unsaturated/α-hetero) is 2. The van der Waals surface area contributed by atoms with Gasteiger partial charge in [0.25, 0.3) is 0 Å². The number of cyclic esters (lactones) is 1. The number of carbonyl (C=O) groups excluding carboxylic acids is 3. The van der Waals surface area contributed by atoms with Crippen molar-refractivity contribution in [2.24, 2.45) is 0 Å². The lowest BCUT2D eigenvalue weighted by atomic mass is 9.73. The first-order chi connectivity index (χ1) is 20.7. The topological polar surface area (TPSA) is 178 Å². The van der Waals surface area contributed by atoms with Gasteiger partial charge in [-0.15, -0.1) is 0 Å². The molecule has 1 aliphatic carbocycles. The molecule has 4 aliphatic rings. The molecule has 2 fully saturated rings. The van der Waals surface area contributed by atoms with Crippen molar-refractivity contribution in [1.29, 1.82) is 0 Å². The predicted octanol–water partition coefficient (Wildman–Crippen LogP) is 3.20. The fourth-order valence-corrected chi connectivity index (χ4v) is 7.16. The average Bonchev–Trinajstić information content (AvgIpc) is 3.33. The molecule has 44 heavy (non-hydrogen) atoms. The Morgan fingerprint density at radius 1 is 0.795 bits per heavy atom. The quantitative estimate of drug-likeness (QED) is 0.372. The minimum Gasteiger partial charge on any atom is -0.506 e. The van der Waals surface area contributed by atoms with Crippen LogP contribution in [0.25, 0.3) is 16.9 Å². The molecule has 12 heteroatoms. The number of rotatable bonds is 4. The van der Waals surface area contributed by atoms with E-state index in [1.54, 1.807) is 26.8 Å². The van der Waals surface area contributed by atoms with E-state index in [4.69, 9.17) is 23.7 Å². The van der Waals surface area contributed by atoms with Crippen LogP contribution in [0.15, 0.2) is 17.7 Å². The van der Waals surface area contributed by atoms with E-state index in [9.17, 15) is 34.8 Å². The summed E-state index contributed by atoms with van der Waals surface area (Å²) in [6.45, 7) is 6.41. The number of phenolic OH excluding ortho intramolecular Hbond substituents is 2. The standard InChI is InChI=1S/C32H34O12/c1-12-7-16-23(15(34)11-31(3,43-16)30-19(41-6)10-20(35)42-30)26(36)21(12)22-13(2)8-17-24(27(22)37)28(38)25-14(33)9-18(40-5)29(39)32(25,4)44-17/h7-8,18-19,29-30,36-39H,9-11H2,1-6H3/t18-,19-,29-,30-,31+,32+/m0/s1. The van der Waals surface area contributed by atoms with Gasteiger partial charge in [-0.3, -0.25) is 14.4 Å². The van der Waals surface area contributed by atoms with Gasteiger partial charge in [0.1, 0.15) is 52.1 Å². The zero-order chi connectivity index (χ0) is 32.0. The van der Waals surface area contributed by atoms with Gasteiger partial charge in [0.2, 0.25) is 0 Å². The second-order valence-electron chi connectivity index (χ2n) is 12.3. The van der Waals surface area contributed by atoms with Crippen LogP contribution < -0.4 is 9.47 Å². The van der Waals surface area contributed by atoms with E-state index in [0.717, 1.165) is 0 Å². The molecule has 2 aromatic rings. The lowest BCUT2D eigenvalue weighted by Gasteiger charge is -2.46. The van der Waals surface area contributed by atoms with Gasteiger partial charge in [0.05, 0.1) is 24.5 Å². The zero-order valence-corrected chi connectivity index (χ0v) is 25.1. The van der Waals surface area contributed by atoms with E-state index < -0.39 is 70.4 Å². The van der Waals surface area contributed by atoms with Crippen molar-refractivity contribution in [3.63, 3.8) is 0 Å². The molecule has 12 nitrogen and oxygen atoms in total. The number of carbonyl (C=O) groups is 3. The molecule has 0 bridgehead atoms. The molecule has 3 aliphatic heterocycles. The molecule has 6 rings (SSSR count). The van der Waals surface area contributed by atoms with Crippen molar-refractivity contribution in [2.45, 2.75) is 82.6 Å². The summed E-state index contributed by atoms with van der Waals surface area (Å²) in [5.74, 6) is -2.86. The fraction of sp³-hybridized carbons (Fsp3) is 0.469. The molecule has 1 saturated heterocycles. The van der Waals surface area contributed by atoms with E-state index in [-0.39, 0.29) is 58.6 Å². The van der Waals surface area contributed by atoms with Crippen LogP contribution >= 0.6 is 0 Å². The lowest BCUT2D eigenvalue weighted by Crippen LogP contribution is -2.60. The van der Waals surface area contributed by atoms with Crippen LogP contribution in [0.2, 0.25) is 0 Å². The molecule has 1 saturated carbocycles. The molecule has 4 N–H and O–H groups in total. The summed E-state index contributed by atoms with van der Waals surface area (Å²) >= 11 is 0. The molecule has 6 atom stereocenters. The Morgan fingerprint density at radius 2 is 1.36 bits per heavy atom. The van der Waals surface area contributed by atoms with E-state index in [1.165, 1.54) is 27.2 Å². The predicted molar refractivity (Wildman–Crippen MR) is 153 cm³/mol. The molecule has 234 valence electrons.